The van der Waals surface area contributed by atoms with E-state index in [0.29, 0.717) is 5.69 Å². The fourth-order valence-corrected chi connectivity index (χ4v) is 0.641. The topological polar surface area (TPSA) is 33.1 Å². The highest BCUT2D eigenvalue weighted by Crippen LogP contribution is 2.14. The molecule has 0 aliphatic rings. The zero-order valence-electron chi connectivity index (χ0n) is 10.5. The summed E-state index contributed by atoms with van der Waals surface area (Å²) in [5.74, 6) is -0.443. The summed E-state index contributed by atoms with van der Waals surface area (Å²) in [6.45, 7) is -1.26. The van der Waals surface area contributed by atoms with Crippen molar-refractivity contribution < 1.29 is 12.0 Å². The van der Waals surface area contributed by atoms with Gasteiger partial charge in [-0.05, 0) is 25.4 Å². The minimum Gasteiger partial charge on any atom is -0.506 e. The van der Waals surface area contributed by atoms with Crippen molar-refractivity contribution in [1.29, 1.82) is 0 Å². The first kappa shape index (κ1) is 2.91. The zero-order chi connectivity index (χ0) is 11.9. The molecule has 0 unspecified atom stereocenters. The second kappa shape index (κ2) is 2.69. The Hall–Kier alpha value is -1.05. The first-order chi connectivity index (χ1) is 6.66. The Balaban J connectivity index is 3.32. The van der Waals surface area contributed by atoms with E-state index < -0.39 is 24.7 Å². The van der Waals surface area contributed by atoms with Gasteiger partial charge in [0.25, 0.3) is 0 Å². The van der Waals surface area contributed by atoms with Gasteiger partial charge in [0.15, 0.2) is 0 Å². The average molecular weight is 142 g/mol. The van der Waals surface area contributed by atoms with E-state index in [1.165, 1.54) is 12.1 Å². The number of hydrogen-bond donors (Lipinski definition) is 1. The van der Waals surface area contributed by atoms with Crippen molar-refractivity contribution in [2.75, 3.05) is 0 Å². The normalized spacial score (nSPS) is 19.9. The highest BCUT2D eigenvalue weighted by Gasteiger charge is 1.97. The van der Waals surface area contributed by atoms with Gasteiger partial charge in [-0.25, -0.2) is 0 Å². The van der Waals surface area contributed by atoms with Crippen LogP contribution in [0.25, 0.3) is 0 Å². The summed E-state index contributed by atoms with van der Waals surface area (Å²) in [6.07, 6.45) is -2.65. The smallest absolute Gasteiger partial charge is 0.137 e. The summed E-state index contributed by atoms with van der Waals surface area (Å²) >= 11 is 0. The van der Waals surface area contributed by atoms with Crippen LogP contribution in [0, 0.1) is 6.92 Å². The molecule has 0 atom stereocenters. The van der Waals surface area contributed by atoms with Crippen molar-refractivity contribution >= 4 is 0 Å². The number of aryl methyl sites for hydroxylation is 2. The third-order valence-electron chi connectivity index (χ3n) is 1.13. The van der Waals surface area contributed by atoms with Crippen LogP contribution in [-0.2, 0) is 6.37 Å². The first-order valence-electron chi connectivity index (χ1n) is 5.33. The van der Waals surface area contributed by atoms with Gasteiger partial charge in [-0.15, -0.1) is 0 Å². The second-order valence-corrected chi connectivity index (χ2v) is 1.95. The van der Waals surface area contributed by atoms with Crippen molar-refractivity contribution in [3.8, 4) is 5.75 Å². The fraction of sp³-hybridized carbons (Fsp3) is 0.375. The molecule has 2 heteroatoms. The van der Waals surface area contributed by atoms with Gasteiger partial charge in [0.1, 0.15) is 5.75 Å². The minimum absolute atomic E-state index is 0.442. The van der Waals surface area contributed by atoms with Crippen molar-refractivity contribution in [2.45, 2.75) is 20.1 Å². The van der Waals surface area contributed by atoms with E-state index in [1.807, 2.05) is 0 Å². The van der Waals surface area contributed by atoms with Crippen LogP contribution in [0.5, 0.6) is 5.75 Å². The molecule has 1 rings (SSSR count). The summed E-state index contributed by atoms with van der Waals surface area (Å²) in [6, 6.07) is 2.72. The maximum Gasteiger partial charge on any atom is 0.137 e. The largest absolute Gasteiger partial charge is 0.506 e. The Labute approximate surface area is 67.6 Å². The third-order valence-corrected chi connectivity index (χ3v) is 1.13. The molecule has 1 aromatic heterocycles. The number of aromatic hydroxyl groups is 1. The average Bonchev–Trinajstić information content (AvgIpc) is 2.07. The molecule has 1 aromatic rings. The second-order valence-electron chi connectivity index (χ2n) is 1.95. The monoisotopic (exact) mass is 142 g/mol. The molecule has 0 aromatic carbocycles. The fourth-order valence-electron chi connectivity index (χ4n) is 0.641. The molecule has 0 saturated carbocycles. The van der Waals surface area contributed by atoms with Crippen molar-refractivity contribution in [2.24, 2.45) is 0 Å². The molecule has 1 N–H and O–H groups in total. The summed E-state index contributed by atoms with van der Waals surface area (Å²) in [5.41, 5.74) is 0.0124. The first-order valence-corrected chi connectivity index (χ1v) is 2.83. The van der Waals surface area contributed by atoms with Crippen LogP contribution in [-0.4, -0.2) is 10.1 Å². The lowest BCUT2D eigenvalue weighted by molar-refractivity contribution is 0.464. The summed E-state index contributed by atoms with van der Waals surface area (Å²) in [5, 5.41) is 9.38. The maximum absolute atomic E-state index is 9.38. The lowest BCUT2D eigenvalue weighted by Crippen LogP contribution is -1.89. The van der Waals surface area contributed by atoms with Crippen LogP contribution in [0.1, 0.15) is 25.1 Å². The lowest BCUT2D eigenvalue weighted by Gasteiger charge is -1.99. The number of nitrogens with zero attached hydrogens (tertiary/aromatic N) is 1. The number of aromatic nitrogens is 1. The molecule has 54 valence electrons. The Kier molecular flexibility index (Phi) is 0.782. The highest BCUT2D eigenvalue weighted by atomic mass is 16.3. The molecular weight excluding hydrogens is 126 g/mol. The molecule has 1 heterocycles. The molecule has 0 amide bonds. The molecular formula is C8H11NO. The van der Waals surface area contributed by atoms with E-state index in [2.05, 4.69) is 4.98 Å². The summed E-state index contributed by atoms with van der Waals surface area (Å²) < 4.78 is 36.0. The van der Waals surface area contributed by atoms with Gasteiger partial charge in [-0.1, -0.05) is 6.85 Å². The van der Waals surface area contributed by atoms with Crippen LogP contribution in [0.15, 0.2) is 12.1 Å². The van der Waals surface area contributed by atoms with Crippen LogP contribution >= 0.6 is 0 Å². The molecule has 0 bridgehead atoms. The van der Waals surface area contributed by atoms with E-state index in [9.17, 15) is 5.11 Å². The van der Waals surface area contributed by atoms with Crippen LogP contribution < -0.4 is 0 Å². The van der Waals surface area contributed by atoms with Crippen molar-refractivity contribution in [1.82, 2.24) is 4.98 Å². The van der Waals surface area contributed by atoms with E-state index in [4.69, 9.17) is 6.85 Å². The van der Waals surface area contributed by atoms with E-state index >= 15 is 0 Å². The van der Waals surface area contributed by atoms with Crippen LogP contribution in [0.2, 0.25) is 0 Å². The molecule has 0 aliphatic heterocycles. The number of rotatable bonds is 1. The zero-order valence-corrected chi connectivity index (χ0v) is 5.55. The van der Waals surface area contributed by atoms with Gasteiger partial charge in [0.2, 0.25) is 0 Å². The molecule has 2 nitrogen and oxygen atoms in total. The van der Waals surface area contributed by atoms with Gasteiger partial charge < -0.3 is 5.11 Å². The Morgan fingerprint density at radius 1 is 1.80 bits per heavy atom. The molecule has 0 radical (unpaired) electrons. The van der Waals surface area contributed by atoms with Gasteiger partial charge in [0.05, 0.1) is 5.69 Å². The minimum atomic E-state index is -2.86. The van der Waals surface area contributed by atoms with Gasteiger partial charge in [-0.2, -0.15) is 0 Å². The molecule has 0 fully saturated rings. The SMILES string of the molecule is [2H]C([2H])([2H])C([2H])([2H])c1nc(C)ccc1O. The van der Waals surface area contributed by atoms with Gasteiger partial charge in [-0.3, -0.25) is 4.98 Å². The predicted molar refractivity (Wildman–Crippen MR) is 40.0 cm³/mol. The Bertz CT molecular complexity index is 374. The quantitative estimate of drug-likeness (QED) is 0.646. The highest BCUT2D eigenvalue weighted by molar-refractivity contribution is 5.27. The Morgan fingerprint density at radius 2 is 2.60 bits per heavy atom. The van der Waals surface area contributed by atoms with Gasteiger partial charge in [0, 0.05) is 12.5 Å². The van der Waals surface area contributed by atoms with Gasteiger partial charge >= 0.3 is 0 Å². The van der Waals surface area contributed by atoms with E-state index in [-0.39, 0.29) is 0 Å². The standard InChI is InChI=1S/C8H11NO/c1-3-7-8(10)5-4-6(2)9-7/h4-5,10H,3H2,1-2H3/i1D3,3D2. The van der Waals surface area contributed by atoms with Crippen LogP contribution in [0.3, 0.4) is 0 Å². The van der Waals surface area contributed by atoms with E-state index in [1.54, 1.807) is 6.92 Å². The summed E-state index contributed by atoms with van der Waals surface area (Å²) in [4.78, 5) is 3.73. The molecule has 0 saturated heterocycles. The third kappa shape index (κ3) is 1.26. The predicted octanol–water partition coefficient (Wildman–Crippen LogP) is 1.66. The van der Waals surface area contributed by atoms with E-state index in [0.717, 1.165) is 0 Å². The van der Waals surface area contributed by atoms with Crippen LogP contribution in [0.4, 0.5) is 0 Å². The molecule has 0 aliphatic carbocycles. The number of pyridine rings is 1. The molecule has 10 heavy (non-hydrogen) atoms. The van der Waals surface area contributed by atoms with Crippen molar-refractivity contribution in [3.05, 3.63) is 23.5 Å². The number of hydrogen-bond acceptors (Lipinski definition) is 2. The van der Waals surface area contributed by atoms with Crippen molar-refractivity contribution in [3.63, 3.8) is 0 Å². The molecule has 0 spiro atoms. The lowest BCUT2D eigenvalue weighted by atomic mass is 10.2. The maximum atomic E-state index is 9.38. The Morgan fingerprint density at radius 3 is 3.30 bits per heavy atom. The summed E-state index contributed by atoms with van der Waals surface area (Å²) in [7, 11) is 0.